The van der Waals surface area contributed by atoms with E-state index in [0.717, 1.165) is 10.7 Å². The number of carbonyl (C=O) groups excluding carboxylic acids is 1. The number of carbonyl (C=O) groups is 1. The molecule has 1 amide bonds. The van der Waals surface area contributed by atoms with Crippen LogP contribution in [0.1, 0.15) is 47.5 Å². The van der Waals surface area contributed by atoms with Gasteiger partial charge in [0.1, 0.15) is 9.88 Å². The van der Waals surface area contributed by atoms with Crippen LogP contribution in [0.2, 0.25) is 0 Å². The van der Waals surface area contributed by atoms with Crippen molar-refractivity contribution in [3.8, 4) is 16.5 Å². The Labute approximate surface area is 174 Å². The largest absolute Gasteiger partial charge is 0.489 e. The number of hydrogen-bond donors (Lipinski definition) is 1. The molecule has 1 fully saturated rings. The zero-order valence-electron chi connectivity index (χ0n) is 16.4. The molecular formula is C22H24N4O2S. The molecule has 3 heterocycles. The Hall–Kier alpha value is -2.80. The molecule has 29 heavy (non-hydrogen) atoms. The summed E-state index contributed by atoms with van der Waals surface area (Å²) in [7, 11) is 0. The summed E-state index contributed by atoms with van der Waals surface area (Å²) in [4.78, 5) is 26.6. The standard InChI is InChI=1S/C22H24N4O2S/c1-15-19(29-22(25-15)17-10-5-6-12-23-17)21(27)26-20-18(11-7-13-24-20)28-14-16-8-3-2-4-9-16/h5-7,10-13,16H,2-4,8-9,14H2,1H3,(H,24,26,27). The second kappa shape index (κ2) is 9.13. The molecule has 3 aromatic heterocycles. The number of nitrogens with zero attached hydrogens (tertiary/aromatic N) is 3. The lowest BCUT2D eigenvalue weighted by Crippen LogP contribution is -2.17. The van der Waals surface area contributed by atoms with Crippen molar-refractivity contribution in [3.63, 3.8) is 0 Å². The number of aryl methyl sites for hydroxylation is 1. The smallest absolute Gasteiger partial charge is 0.268 e. The quantitative estimate of drug-likeness (QED) is 0.612. The molecule has 1 aliphatic carbocycles. The summed E-state index contributed by atoms with van der Waals surface area (Å²) in [5.74, 6) is 1.40. The molecule has 1 N–H and O–H groups in total. The van der Waals surface area contributed by atoms with Gasteiger partial charge in [-0.3, -0.25) is 9.78 Å². The number of hydrogen-bond acceptors (Lipinski definition) is 6. The maximum absolute atomic E-state index is 12.9. The Morgan fingerprint density at radius 1 is 1.14 bits per heavy atom. The minimum Gasteiger partial charge on any atom is -0.489 e. The number of nitrogens with one attached hydrogen (secondary N) is 1. The average Bonchev–Trinajstić information content (AvgIpc) is 3.16. The molecule has 0 saturated heterocycles. The first-order chi connectivity index (χ1) is 14.2. The van der Waals surface area contributed by atoms with E-state index in [4.69, 9.17) is 4.74 Å². The molecule has 1 saturated carbocycles. The molecule has 0 radical (unpaired) electrons. The van der Waals surface area contributed by atoms with Crippen LogP contribution in [0.25, 0.3) is 10.7 Å². The van der Waals surface area contributed by atoms with E-state index in [1.165, 1.54) is 43.4 Å². The van der Waals surface area contributed by atoms with Gasteiger partial charge >= 0.3 is 0 Å². The molecule has 0 aliphatic heterocycles. The minimum atomic E-state index is -0.233. The van der Waals surface area contributed by atoms with Crippen molar-refractivity contribution in [3.05, 3.63) is 53.3 Å². The average molecular weight is 409 g/mol. The van der Waals surface area contributed by atoms with Crippen LogP contribution in [0, 0.1) is 12.8 Å². The van der Waals surface area contributed by atoms with E-state index in [9.17, 15) is 4.79 Å². The van der Waals surface area contributed by atoms with Gasteiger partial charge in [0.2, 0.25) is 0 Å². The van der Waals surface area contributed by atoms with Crippen LogP contribution in [-0.2, 0) is 0 Å². The second-order valence-electron chi connectivity index (χ2n) is 7.27. The van der Waals surface area contributed by atoms with Crippen LogP contribution in [0.5, 0.6) is 5.75 Å². The number of aromatic nitrogens is 3. The predicted molar refractivity (Wildman–Crippen MR) is 114 cm³/mol. The van der Waals surface area contributed by atoms with Crippen molar-refractivity contribution in [2.24, 2.45) is 5.92 Å². The van der Waals surface area contributed by atoms with Gasteiger partial charge in [-0.1, -0.05) is 25.3 Å². The van der Waals surface area contributed by atoms with Gasteiger partial charge in [-0.2, -0.15) is 0 Å². The lowest BCUT2D eigenvalue weighted by molar-refractivity contribution is 0.102. The van der Waals surface area contributed by atoms with E-state index in [0.29, 0.717) is 34.7 Å². The third-order valence-electron chi connectivity index (χ3n) is 5.09. The van der Waals surface area contributed by atoms with Crippen molar-refractivity contribution in [1.82, 2.24) is 15.0 Å². The van der Waals surface area contributed by atoms with Gasteiger partial charge in [0, 0.05) is 12.4 Å². The highest BCUT2D eigenvalue weighted by atomic mass is 32.1. The Kier molecular flexibility index (Phi) is 6.14. The van der Waals surface area contributed by atoms with E-state index >= 15 is 0 Å². The van der Waals surface area contributed by atoms with Crippen LogP contribution >= 0.6 is 11.3 Å². The molecule has 150 valence electrons. The number of rotatable bonds is 6. The highest BCUT2D eigenvalue weighted by molar-refractivity contribution is 7.17. The normalized spacial score (nSPS) is 14.5. The maximum Gasteiger partial charge on any atom is 0.268 e. The molecule has 1 aliphatic rings. The van der Waals surface area contributed by atoms with Crippen molar-refractivity contribution in [1.29, 1.82) is 0 Å². The second-order valence-corrected chi connectivity index (χ2v) is 8.27. The van der Waals surface area contributed by atoms with Gasteiger partial charge in [-0.25, -0.2) is 9.97 Å². The summed E-state index contributed by atoms with van der Waals surface area (Å²) < 4.78 is 6.02. The Balaban J connectivity index is 1.47. The number of amides is 1. The fraction of sp³-hybridized carbons (Fsp3) is 0.364. The maximum atomic E-state index is 12.9. The summed E-state index contributed by atoms with van der Waals surface area (Å²) in [5.41, 5.74) is 1.43. The zero-order chi connectivity index (χ0) is 20.1. The SMILES string of the molecule is Cc1nc(-c2ccccn2)sc1C(=O)Nc1ncccc1OCC1CCCCC1. The lowest BCUT2D eigenvalue weighted by atomic mass is 9.90. The van der Waals surface area contributed by atoms with Crippen molar-refractivity contribution >= 4 is 23.1 Å². The van der Waals surface area contributed by atoms with E-state index in [1.54, 1.807) is 12.4 Å². The molecule has 0 atom stereocenters. The third kappa shape index (κ3) is 4.79. The fourth-order valence-corrected chi connectivity index (χ4v) is 4.47. The summed E-state index contributed by atoms with van der Waals surface area (Å²) in [6.45, 7) is 2.49. The minimum absolute atomic E-state index is 0.233. The summed E-state index contributed by atoms with van der Waals surface area (Å²) in [6.07, 6.45) is 9.65. The van der Waals surface area contributed by atoms with Gasteiger partial charge in [0.15, 0.2) is 11.6 Å². The monoisotopic (exact) mass is 408 g/mol. The number of ether oxygens (including phenoxy) is 1. The fourth-order valence-electron chi connectivity index (χ4n) is 3.53. The van der Waals surface area contributed by atoms with E-state index in [1.807, 2.05) is 37.3 Å². The molecular weight excluding hydrogens is 384 g/mol. The highest BCUT2D eigenvalue weighted by Gasteiger charge is 2.20. The first kappa shape index (κ1) is 19.5. The molecule has 3 aromatic rings. The summed E-state index contributed by atoms with van der Waals surface area (Å²) in [5, 5.41) is 3.62. The molecule has 0 spiro atoms. The van der Waals surface area contributed by atoms with E-state index in [-0.39, 0.29) is 5.91 Å². The van der Waals surface area contributed by atoms with Gasteiger partial charge in [0.25, 0.3) is 5.91 Å². The van der Waals surface area contributed by atoms with E-state index in [2.05, 4.69) is 20.3 Å². The molecule has 4 rings (SSSR count). The molecule has 0 unspecified atom stereocenters. The van der Waals surface area contributed by atoms with Crippen LogP contribution in [-0.4, -0.2) is 27.5 Å². The Morgan fingerprint density at radius 2 is 1.97 bits per heavy atom. The Bertz CT molecular complexity index is 968. The zero-order valence-corrected chi connectivity index (χ0v) is 17.2. The summed E-state index contributed by atoms with van der Waals surface area (Å²) in [6, 6.07) is 9.32. The third-order valence-corrected chi connectivity index (χ3v) is 6.27. The molecule has 0 bridgehead atoms. The molecule has 7 heteroatoms. The number of thiazole rings is 1. The van der Waals surface area contributed by atoms with Crippen LogP contribution in [0.4, 0.5) is 5.82 Å². The van der Waals surface area contributed by atoms with Crippen LogP contribution < -0.4 is 10.1 Å². The van der Waals surface area contributed by atoms with Gasteiger partial charge in [0.05, 0.1) is 18.0 Å². The highest BCUT2D eigenvalue weighted by Crippen LogP contribution is 2.29. The first-order valence-corrected chi connectivity index (χ1v) is 10.8. The van der Waals surface area contributed by atoms with Crippen LogP contribution in [0.15, 0.2) is 42.7 Å². The van der Waals surface area contributed by atoms with Crippen LogP contribution in [0.3, 0.4) is 0 Å². The first-order valence-electron chi connectivity index (χ1n) is 9.98. The van der Waals surface area contributed by atoms with E-state index < -0.39 is 0 Å². The lowest BCUT2D eigenvalue weighted by Gasteiger charge is -2.22. The van der Waals surface area contributed by atoms with Crippen molar-refractivity contribution in [2.45, 2.75) is 39.0 Å². The van der Waals surface area contributed by atoms with Crippen molar-refractivity contribution in [2.75, 3.05) is 11.9 Å². The Morgan fingerprint density at radius 3 is 2.76 bits per heavy atom. The van der Waals surface area contributed by atoms with Gasteiger partial charge < -0.3 is 10.1 Å². The van der Waals surface area contributed by atoms with Gasteiger partial charge in [-0.05, 0) is 49.9 Å². The number of pyridine rings is 2. The van der Waals surface area contributed by atoms with Crippen molar-refractivity contribution < 1.29 is 9.53 Å². The topological polar surface area (TPSA) is 77.0 Å². The molecule has 0 aromatic carbocycles. The summed E-state index contributed by atoms with van der Waals surface area (Å²) >= 11 is 1.33. The predicted octanol–water partition coefficient (Wildman–Crippen LogP) is 5.12. The molecule has 6 nitrogen and oxygen atoms in total. The van der Waals surface area contributed by atoms with Gasteiger partial charge in [-0.15, -0.1) is 11.3 Å². The number of anilines is 1.